The molecule has 1 aromatic heterocycles. The summed E-state index contributed by atoms with van der Waals surface area (Å²) in [6.07, 6.45) is 6.07. The molecule has 1 N–H and O–H groups in total. The molecule has 1 heterocycles. The molecule has 2 saturated carbocycles. The highest BCUT2D eigenvalue weighted by molar-refractivity contribution is 7.13. The summed E-state index contributed by atoms with van der Waals surface area (Å²) in [5.41, 5.74) is 1.07. The minimum absolute atomic E-state index is 0.155. The second-order valence-electron chi connectivity index (χ2n) is 6.42. The molecule has 0 aromatic carbocycles. The summed E-state index contributed by atoms with van der Waals surface area (Å²) in [5, 5.41) is 5.77. The van der Waals surface area contributed by atoms with Crippen LogP contribution < -0.4 is 5.32 Å². The van der Waals surface area contributed by atoms with E-state index in [0.29, 0.717) is 18.3 Å². The van der Waals surface area contributed by atoms with Crippen molar-refractivity contribution in [1.29, 1.82) is 0 Å². The van der Waals surface area contributed by atoms with E-state index in [4.69, 9.17) is 0 Å². The van der Waals surface area contributed by atoms with Gasteiger partial charge in [-0.1, -0.05) is 20.3 Å². The van der Waals surface area contributed by atoms with Crippen LogP contribution in [0.25, 0.3) is 0 Å². The molecule has 2 bridgehead atoms. The molecule has 104 valence electrons. The highest BCUT2D eigenvalue weighted by Crippen LogP contribution is 2.49. The zero-order valence-electron chi connectivity index (χ0n) is 11.7. The molecule has 1 aromatic rings. The number of rotatable bonds is 4. The number of carbonyl (C=O) groups excluding carboxylic acids is 1. The quantitative estimate of drug-likeness (QED) is 0.903. The lowest BCUT2D eigenvalue weighted by Gasteiger charge is -2.20. The van der Waals surface area contributed by atoms with Gasteiger partial charge in [0.2, 0.25) is 5.91 Å². The Morgan fingerprint density at radius 1 is 1.47 bits per heavy atom. The summed E-state index contributed by atoms with van der Waals surface area (Å²) in [7, 11) is 0. The number of thiazole rings is 1. The maximum absolute atomic E-state index is 12.1. The van der Waals surface area contributed by atoms with Crippen LogP contribution in [0.15, 0.2) is 5.38 Å². The van der Waals surface area contributed by atoms with E-state index in [1.54, 1.807) is 0 Å². The Labute approximate surface area is 118 Å². The van der Waals surface area contributed by atoms with Gasteiger partial charge in [0, 0.05) is 11.8 Å². The Balaban J connectivity index is 1.53. The number of fused-ring (bicyclic) bond motifs is 2. The van der Waals surface area contributed by atoms with Crippen molar-refractivity contribution in [3.05, 3.63) is 11.1 Å². The smallest absolute Gasteiger partial charge is 0.226 e. The fourth-order valence-corrected chi connectivity index (χ4v) is 4.53. The minimum atomic E-state index is 0.155. The van der Waals surface area contributed by atoms with Crippen molar-refractivity contribution in [2.45, 2.75) is 51.9 Å². The van der Waals surface area contributed by atoms with Gasteiger partial charge < -0.3 is 5.32 Å². The van der Waals surface area contributed by atoms with Crippen LogP contribution in [0.2, 0.25) is 0 Å². The van der Waals surface area contributed by atoms with Crippen molar-refractivity contribution < 1.29 is 4.79 Å². The first-order valence-corrected chi connectivity index (χ1v) is 8.25. The molecule has 0 aliphatic heterocycles. The van der Waals surface area contributed by atoms with Crippen molar-refractivity contribution in [2.24, 2.45) is 17.8 Å². The SMILES string of the molecule is CC(C)c1csc(NC(=O)C[C@@H]2C[C@H]3CC[C@H]2C3)n1. The first-order chi connectivity index (χ1) is 9.11. The standard InChI is InChI=1S/C15H22N2OS/c1-9(2)13-8-19-15(16-13)17-14(18)7-12-6-10-3-4-11(12)5-10/h8-12H,3-7H2,1-2H3,(H,16,17,18)/t10-,11-,12-/m0/s1. The van der Waals surface area contributed by atoms with Crippen LogP contribution in [0, 0.1) is 17.8 Å². The van der Waals surface area contributed by atoms with Gasteiger partial charge in [0.15, 0.2) is 5.13 Å². The first-order valence-electron chi connectivity index (χ1n) is 7.37. The summed E-state index contributed by atoms with van der Waals surface area (Å²) in [4.78, 5) is 16.5. The summed E-state index contributed by atoms with van der Waals surface area (Å²) < 4.78 is 0. The van der Waals surface area contributed by atoms with Gasteiger partial charge in [0.1, 0.15) is 0 Å². The lowest BCUT2D eigenvalue weighted by molar-refractivity contribution is -0.117. The van der Waals surface area contributed by atoms with Gasteiger partial charge in [-0.2, -0.15) is 0 Å². The van der Waals surface area contributed by atoms with Crippen LogP contribution in [-0.4, -0.2) is 10.9 Å². The number of hydrogen-bond donors (Lipinski definition) is 1. The normalized spacial score (nSPS) is 29.1. The molecule has 4 heteroatoms. The number of carbonyl (C=O) groups is 1. The molecule has 19 heavy (non-hydrogen) atoms. The molecule has 2 aliphatic carbocycles. The highest BCUT2D eigenvalue weighted by Gasteiger charge is 2.40. The molecule has 2 fully saturated rings. The molecule has 1 amide bonds. The topological polar surface area (TPSA) is 42.0 Å². The van der Waals surface area contributed by atoms with Crippen molar-refractivity contribution in [1.82, 2.24) is 4.98 Å². The second kappa shape index (κ2) is 5.23. The third-order valence-corrected chi connectivity index (χ3v) is 5.47. The van der Waals surface area contributed by atoms with Crippen LogP contribution in [0.5, 0.6) is 0 Å². The van der Waals surface area contributed by atoms with Gasteiger partial charge in [-0.05, 0) is 42.9 Å². The van der Waals surface area contributed by atoms with Crippen molar-refractivity contribution in [3.63, 3.8) is 0 Å². The third-order valence-electron chi connectivity index (χ3n) is 4.69. The number of hydrogen-bond acceptors (Lipinski definition) is 3. The lowest BCUT2D eigenvalue weighted by atomic mass is 9.86. The number of anilines is 1. The highest BCUT2D eigenvalue weighted by atomic mass is 32.1. The van der Waals surface area contributed by atoms with E-state index >= 15 is 0 Å². The van der Waals surface area contributed by atoms with E-state index in [0.717, 1.165) is 22.7 Å². The fourth-order valence-electron chi connectivity index (χ4n) is 3.64. The first kappa shape index (κ1) is 13.1. The van der Waals surface area contributed by atoms with E-state index in [9.17, 15) is 4.79 Å². The summed E-state index contributed by atoms with van der Waals surface area (Å²) in [6, 6.07) is 0. The van der Waals surface area contributed by atoms with E-state index < -0.39 is 0 Å². The van der Waals surface area contributed by atoms with Crippen molar-refractivity contribution in [3.8, 4) is 0 Å². The number of amides is 1. The molecular formula is C15H22N2OS. The Bertz CT molecular complexity index is 468. The largest absolute Gasteiger partial charge is 0.302 e. The maximum atomic E-state index is 12.1. The van der Waals surface area contributed by atoms with Crippen molar-refractivity contribution >= 4 is 22.4 Å². The number of nitrogens with zero attached hydrogens (tertiary/aromatic N) is 1. The van der Waals surface area contributed by atoms with Crippen molar-refractivity contribution in [2.75, 3.05) is 5.32 Å². The zero-order valence-corrected chi connectivity index (χ0v) is 12.5. The van der Waals surface area contributed by atoms with E-state index in [1.807, 2.05) is 5.38 Å². The fraction of sp³-hybridized carbons (Fsp3) is 0.733. The number of aromatic nitrogens is 1. The Kier molecular flexibility index (Phi) is 3.61. The van der Waals surface area contributed by atoms with Crippen LogP contribution in [0.3, 0.4) is 0 Å². The summed E-state index contributed by atoms with van der Waals surface area (Å²) >= 11 is 1.54. The summed E-state index contributed by atoms with van der Waals surface area (Å²) in [6.45, 7) is 4.24. The van der Waals surface area contributed by atoms with Crippen LogP contribution >= 0.6 is 11.3 Å². The van der Waals surface area contributed by atoms with Gasteiger partial charge in [0.25, 0.3) is 0 Å². The molecule has 0 spiro atoms. The Morgan fingerprint density at radius 3 is 2.89 bits per heavy atom. The second-order valence-corrected chi connectivity index (χ2v) is 7.28. The van der Waals surface area contributed by atoms with Crippen LogP contribution in [0.1, 0.15) is 57.6 Å². The molecule has 3 atom stereocenters. The van der Waals surface area contributed by atoms with Gasteiger partial charge >= 0.3 is 0 Å². The molecule has 0 unspecified atom stereocenters. The Morgan fingerprint density at radius 2 is 2.32 bits per heavy atom. The third kappa shape index (κ3) is 2.83. The molecular weight excluding hydrogens is 256 g/mol. The summed E-state index contributed by atoms with van der Waals surface area (Å²) in [5.74, 6) is 2.94. The zero-order chi connectivity index (χ0) is 13.4. The Hall–Kier alpha value is -0.900. The van der Waals surface area contributed by atoms with Gasteiger partial charge in [-0.3, -0.25) is 4.79 Å². The van der Waals surface area contributed by atoms with Crippen LogP contribution in [0.4, 0.5) is 5.13 Å². The predicted molar refractivity (Wildman–Crippen MR) is 78.4 cm³/mol. The maximum Gasteiger partial charge on any atom is 0.226 e. The van der Waals surface area contributed by atoms with E-state index in [2.05, 4.69) is 24.1 Å². The molecule has 0 saturated heterocycles. The van der Waals surface area contributed by atoms with Gasteiger partial charge in [-0.25, -0.2) is 4.98 Å². The average molecular weight is 278 g/mol. The molecule has 3 nitrogen and oxygen atoms in total. The van der Waals surface area contributed by atoms with E-state index in [1.165, 1.54) is 37.0 Å². The predicted octanol–water partition coefficient (Wildman–Crippen LogP) is 4.03. The van der Waals surface area contributed by atoms with Crippen LogP contribution in [-0.2, 0) is 4.79 Å². The molecule has 3 rings (SSSR count). The average Bonchev–Trinajstić information content (AvgIpc) is 3.03. The van der Waals surface area contributed by atoms with E-state index in [-0.39, 0.29) is 5.91 Å². The monoisotopic (exact) mass is 278 g/mol. The van der Waals surface area contributed by atoms with Gasteiger partial charge in [-0.15, -0.1) is 11.3 Å². The number of nitrogens with one attached hydrogen (secondary N) is 1. The molecule has 0 radical (unpaired) electrons. The minimum Gasteiger partial charge on any atom is -0.302 e. The molecule has 2 aliphatic rings. The van der Waals surface area contributed by atoms with Gasteiger partial charge in [0.05, 0.1) is 5.69 Å². The lowest BCUT2D eigenvalue weighted by Crippen LogP contribution is -2.20.